The highest BCUT2D eigenvalue weighted by Gasteiger charge is 2.45. The predicted molar refractivity (Wildman–Crippen MR) is 83.6 cm³/mol. The van der Waals surface area contributed by atoms with Gasteiger partial charge < -0.3 is 15.2 Å². The molecule has 0 spiro atoms. The number of benzene rings is 1. The number of aromatic nitrogens is 1. The van der Waals surface area contributed by atoms with Gasteiger partial charge in [-0.1, -0.05) is 0 Å². The molecule has 7 nitrogen and oxygen atoms in total. The van der Waals surface area contributed by atoms with E-state index in [2.05, 4.69) is 4.98 Å². The number of hydrogen-bond donors (Lipinski definition) is 1. The van der Waals surface area contributed by atoms with Gasteiger partial charge in [-0.05, 0) is 18.2 Å². The van der Waals surface area contributed by atoms with Crippen LogP contribution in [0.1, 0.15) is 11.3 Å². The van der Waals surface area contributed by atoms with Gasteiger partial charge in [0.25, 0.3) is 0 Å². The molecule has 0 bridgehead atoms. The van der Waals surface area contributed by atoms with Crippen LogP contribution in [0.25, 0.3) is 11.1 Å². The van der Waals surface area contributed by atoms with E-state index in [9.17, 15) is 9.18 Å². The lowest BCUT2D eigenvalue weighted by atomic mass is 10.0. The monoisotopic (exact) mass is 340 g/mol. The van der Waals surface area contributed by atoms with Crippen LogP contribution in [0.5, 0.6) is 5.75 Å². The Morgan fingerprint density at radius 2 is 2.24 bits per heavy atom. The molecule has 126 valence electrons. The SMILES string of the molecule is N#Cc1ccc(-c2cc3c(cc2F)O[C@H]2[C@H](CN)OC(=O)N2C3)cn1. The summed E-state index contributed by atoms with van der Waals surface area (Å²) < 4.78 is 25.4. The summed E-state index contributed by atoms with van der Waals surface area (Å²) in [6.07, 6.45) is -0.292. The minimum Gasteiger partial charge on any atom is -0.466 e. The first kappa shape index (κ1) is 15.4. The molecule has 2 N–H and O–H groups in total. The molecule has 1 saturated heterocycles. The molecule has 2 aromatic rings. The van der Waals surface area contributed by atoms with E-state index in [4.69, 9.17) is 20.5 Å². The minimum absolute atomic E-state index is 0.125. The smallest absolute Gasteiger partial charge is 0.413 e. The minimum atomic E-state index is -0.646. The van der Waals surface area contributed by atoms with Crippen molar-refractivity contribution in [1.82, 2.24) is 9.88 Å². The molecule has 2 aliphatic rings. The van der Waals surface area contributed by atoms with Crippen LogP contribution in [0.3, 0.4) is 0 Å². The molecule has 1 aromatic heterocycles. The first-order valence-corrected chi connectivity index (χ1v) is 7.63. The molecule has 4 rings (SSSR count). The third kappa shape index (κ3) is 2.45. The van der Waals surface area contributed by atoms with Crippen molar-refractivity contribution in [2.45, 2.75) is 18.9 Å². The van der Waals surface area contributed by atoms with Gasteiger partial charge in [-0.3, -0.25) is 4.90 Å². The zero-order valence-corrected chi connectivity index (χ0v) is 13.0. The van der Waals surface area contributed by atoms with E-state index in [1.54, 1.807) is 12.1 Å². The van der Waals surface area contributed by atoms with Crippen LogP contribution in [-0.2, 0) is 11.3 Å². The maximum Gasteiger partial charge on any atom is 0.413 e. The van der Waals surface area contributed by atoms with E-state index in [1.165, 1.54) is 23.2 Å². The Kier molecular flexibility index (Phi) is 3.51. The summed E-state index contributed by atoms with van der Waals surface area (Å²) in [5.41, 5.74) is 7.35. The van der Waals surface area contributed by atoms with Crippen LogP contribution in [0.15, 0.2) is 30.5 Å². The lowest BCUT2D eigenvalue weighted by Gasteiger charge is -2.31. The van der Waals surface area contributed by atoms with Crippen molar-refractivity contribution >= 4 is 6.09 Å². The fraction of sp³-hybridized carbons (Fsp3) is 0.235. The Hall–Kier alpha value is -3.18. The molecular formula is C17H13FN4O3. The molecule has 8 heteroatoms. The van der Waals surface area contributed by atoms with Gasteiger partial charge in [-0.25, -0.2) is 14.2 Å². The quantitative estimate of drug-likeness (QED) is 0.894. The Morgan fingerprint density at radius 3 is 2.92 bits per heavy atom. The summed E-state index contributed by atoms with van der Waals surface area (Å²) in [5.74, 6) is -0.117. The fourth-order valence-corrected chi connectivity index (χ4v) is 3.01. The first-order valence-electron chi connectivity index (χ1n) is 7.63. The van der Waals surface area contributed by atoms with Crippen molar-refractivity contribution < 1.29 is 18.7 Å². The molecule has 25 heavy (non-hydrogen) atoms. The number of cyclic esters (lactones) is 1. The van der Waals surface area contributed by atoms with Crippen LogP contribution in [0.2, 0.25) is 0 Å². The number of carbonyl (C=O) groups excluding carboxylic acids is 1. The van der Waals surface area contributed by atoms with E-state index in [1.807, 2.05) is 6.07 Å². The summed E-state index contributed by atoms with van der Waals surface area (Å²) >= 11 is 0. The highest BCUT2D eigenvalue weighted by Crippen LogP contribution is 2.37. The van der Waals surface area contributed by atoms with Gasteiger partial charge >= 0.3 is 6.09 Å². The lowest BCUT2D eigenvalue weighted by Crippen LogP contribution is -2.46. The van der Waals surface area contributed by atoms with Crippen molar-refractivity contribution in [1.29, 1.82) is 5.26 Å². The molecule has 0 saturated carbocycles. The van der Waals surface area contributed by atoms with Crippen LogP contribution in [0.4, 0.5) is 9.18 Å². The number of rotatable bonds is 2. The van der Waals surface area contributed by atoms with Crippen LogP contribution < -0.4 is 10.5 Å². The van der Waals surface area contributed by atoms with E-state index < -0.39 is 24.2 Å². The maximum atomic E-state index is 14.5. The van der Waals surface area contributed by atoms with Gasteiger partial charge in [0.05, 0.1) is 6.54 Å². The van der Waals surface area contributed by atoms with Gasteiger partial charge in [-0.15, -0.1) is 0 Å². The molecule has 3 heterocycles. The van der Waals surface area contributed by atoms with Gasteiger partial charge in [0.2, 0.25) is 6.23 Å². The molecule has 2 atom stereocenters. The zero-order valence-electron chi connectivity index (χ0n) is 13.0. The molecule has 0 aliphatic carbocycles. The van der Waals surface area contributed by atoms with E-state index in [0.717, 1.165) is 0 Å². The average Bonchev–Trinajstić information content (AvgIpc) is 2.95. The number of pyridine rings is 1. The van der Waals surface area contributed by atoms with Gasteiger partial charge in [0, 0.05) is 35.5 Å². The number of nitrogens with zero attached hydrogens (tertiary/aromatic N) is 3. The zero-order chi connectivity index (χ0) is 17.6. The standard InChI is InChI=1S/C17H13FN4O3/c18-13-4-14-10(3-12(13)9-1-2-11(5-19)21-7-9)8-22-16(24-14)15(6-20)25-17(22)23/h1-4,7,15-16H,6,8,20H2/t15-,16-/m0/s1. The topological polar surface area (TPSA) is 101 Å². The number of ether oxygens (including phenoxy) is 2. The second kappa shape index (κ2) is 5.72. The number of fused-ring (bicyclic) bond motifs is 2. The molecule has 1 amide bonds. The van der Waals surface area contributed by atoms with Crippen molar-refractivity contribution in [3.63, 3.8) is 0 Å². The summed E-state index contributed by atoms with van der Waals surface area (Å²) in [7, 11) is 0. The molecule has 1 aromatic carbocycles. The van der Waals surface area contributed by atoms with Crippen LogP contribution >= 0.6 is 0 Å². The fourth-order valence-electron chi connectivity index (χ4n) is 3.01. The van der Waals surface area contributed by atoms with Crippen molar-refractivity contribution in [3.8, 4) is 22.9 Å². The predicted octanol–water partition coefficient (Wildman–Crippen LogP) is 1.76. The second-order valence-corrected chi connectivity index (χ2v) is 5.78. The van der Waals surface area contributed by atoms with Crippen molar-refractivity contribution in [2.75, 3.05) is 6.54 Å². The second-order valence-electron chi connectivity index (χ2n) is 5.78. The number of carbonyl (C=O) groups is 1. The largest absolute Gasteiger partial charge is 0.466 e. The highest BCUT2D eigenvalue weighted by molar-refractivity contribution is 5.72. The van der Waals surface area contributed by atoms with E-state index >= 15 is 0 Å². The van der Waals surface area contributed by atoms with Crippen LogP contribution in [0, 0.1) is 17.1 Å². The molecule has 1 fully saturated rings. The van der Waals surface area contributed by atoms with E-state index in [0.29, 0.717) is 22.4 Å². The number of halogens is 1. The Balaban J connectivity index is 1.72. The van der Waals surface area contributed by atoms with Crippen molar-refractivity contribution in [2.24, 2.45) is 5.73 Å². The van der Waals surface area contributed by atoms with Gasteiger partial charge in [0.1, 0.15) is 23.3 Å². The number of hydrogen-bond acceptors (Lipinski definition) is 6. The normalized spacial score (nSPS) is 21.0. The number of nitriles is 1. The number of nitrogens with two attached hydrogens (primary N) is 1. The van der Waals surface area contributed by atoms with Crippen LogP contribution in [-0.4, -0.2) is 34.9 Å². The Bertz CT molecular complexity index is 894. The molecule has 0 unspecified atom stereocenters. The average molecular weight is 340 g/mol. The van der Waals surface area contributed by atoms with Crippen molar-refractivity contribution in [3.05, 3.63) is 47.5 Å². The third-order valence-corrected chi connectivity index (χ3v) is 4.27. The summed E-state index contributed by atoms with van der Waals surface area (Å²) in [4.78, 5) is 17.3. The first-order chi connectivity index (χ1) is 12.1. The number of amides is 1. The molecular weight excluding hydrogens is 327 g/mol. The van der Waals surface area contributed by atoms with E-state index in [-0.39, 0.29) is 18.8 Å². The molecule has 2 aliphatic heterocycles. The third-order valence-electron chi connectivity index (χ3n) is 4.27. The maximum absolute atomic E-state index is 14.5. The summed E-state index contributed by atoms with van der Waals surface area (Å²) in [6, 6.07) is 7.96. The Morgan fingerprint density at radius 1 is 1.40 bits per heavy atom. The molecule has 0 radical (unpaired) electrons. The van der Waals surface area contributed by atoms with Gasteiger partial charge in [-0.2, -0.15) is 5.26 Å². The Labute approximate surface area is 142 Å². The lowest BCUT2D eigenvalue weighted by molar-refractivity contribution is 0.0218. The summed E-state index contributed by atoms with van der Waals surface area (Å²) in [6.45, 7) is 0.367. The summed E-state index contributed by atoms with van der Waals surface area (Å²) in [5, 5.41) is 8.80. The highest BCUT2D eigenvalue weighted by atomic mass is 19.1. The van der Waals surface area contributed by atoms with Gasteiger partial charge in [0.15, 0.2) is 6.10 Å².